The molecule has 0 aliphatic carbocycles. The van der Waals surface area contributed by atoms with E-state index in [9.17, 15) is 22.0 Å². The van der Waals surface area contributed by atoms with Gasteiger partial charge in [0.25, 0.3) is 6.43 Å². The molecule has 1 heterocycles. The third-order valence-electron chi connectivity index (χ3n) is 4.35. The molecule has 0 radical (unpaired) electrons. The predicted molar refractivity (Wildman–Crippen MR) is 110 cm³/mol. The van der Waals surface area contributed by atoms with Gasteiger partial charge in [0.1, 0.15) is 18.0 Å². The molecule has 11 heteroatoms. The van der Waals surface area contributed by atoms with Crippen molar-refractivity contribution in [2.24, 2.45) is 0 Å². The van der Waals surface area contributed by atoms with Crippen molar-refractivity contribution >= 4 is 33.0 Å². The summed E-state index contributed by atoms with van der Waals surface area (Å²) < 4.78 is 57.8. The zero-order valence-electron chi connectivity index (χ0n) is 16.5. The number of rotatable bonds is 7. The van der Waals surface area contributed by atoms with E-state index in [2.05, 4.69) is 10.4 Å². The first-order chi connectivity index (χ1) is 14.6. The number of nitrogens with one attached hydrogen (secondary N) is 1. The fourth-order valence-electron chi connectivity index (χ4n) is 2.81. The minimum absolute atomic E-state index is 0.0223. The predicted octanol–water partition coefficient (Wildman–Crippen LogP) is 4.26. The Kier molecular flexibility index (Phi) is 6.61. The van der Waals surface area contributed by atoms with E-state index in [0.717, 1.165) is 4.68 Å². The van der Waals surface area contributed by atoms with E-state index in [4.69, 9.17) is 16.3 Å². The van der Waals surface area contributed by atoms with E-state index in [1.165, 1.54) is 55.6 Å². The van der Waals surface area contributed by atoms with Crippen molar-refractivity contribution < 1.29 is 26.7 Å². The Morgan fingerprint density at radius 1 is 1.16 bits per heavy atom. The maximum absolute atomic E-state index is 13.0. The van der Waals surface area contributed by atoms with Crippen LogP contribution in [0.4, 0.5) is 14.5 Å². The number of alkyl halides is 2. The number of methoxy groups -OCH3 is 1. The van der Waals surface area contributed by atoms with Gasteiger partial charge in [-0.2, -0.15) is 5.10 Å². The molecule has 0 atom stereocenters. The van der Waals surface area contributed by atoms with Crippen LogP contribution in [0.1, 0.15) is 17.8 Å². The summed E-state index contributed by atoms with van der Waals surface area (Å²) in [5.74, 6) is -0.365. The second kappa shape index (κ2) is 9.03. The van der Waals surface area contributed by atoms with Gasteiger partial charge in [0.2, 0.25) is 15.7 Å². The van der Waals surface area contributed by atoms with Crippen molar-refractivity contribution in [3.63, 3.8) is 0 Å². The van der Waals surface area contributed by atoms with Crippen LogP contribution in [0, 0.1) is 6.92 Å². The average molecular weight is 470 g/mol. The molecule has 0 saturated heterocycles. The average Bonchev–Trinajstić information content (AvgIpc) is 3.08. The van der Waals surface area contributed by atoms with Gasteiger partial charge >= 0.3 is 0 Å². The Hall–Kier alpha value is -2.98. The number of aryl methyl sites for hydroxylation is 1. The molecule has 0 fully saturated rings. The van der Waals surface area contributed by atoms with E-state index >= 15 is 0 Å². The molecule has 7 nitrogen and oxygen atoms in total. The Bertz CT molecular complexity index is 1210. The van der Waals surface area contributed by atoms with E-state index in [-0.39, 0.29) is 27.8 Å². The molecule has 2 aromatic carbocycles. The molecule has 1 N–H and O–H groups in total. The van der Waals surface area contributed by atoms with Gasteiger partial charge in [-0.1, -0.05) is 11.6 Å². The molecule has 0 saturated carbocycles. The minimum Gasteiger partial charge on any atom is -0.497 e. The van der Waals surface area contributed by atoms with Crippen LogP contribution in [-0.2, 0) is 21.2 Å². The summed E-state index contributed by atoms with van der Waals surface area (Å²) in [5.41, 5.74) is 0.126. The fourth-order valence-corrected chi connectivity index (χ4v) is 4.25. The Morgan fingerprint density at radius 2 is 1.84 bits per heavy atom. The normalized spacial score (nSPS) is 11.5. The maximum atomic E-state index is 13.0. The second-order valence-electron chi connectivity index (χ2n) is 6.57. The number of amides is 1. The van der Waals surface area contributed by atoms with Gasteiger partial charge in [0.15, 0.2) is 0 Å². The SMILES string of the molecule is COc1cc(NC(=O)Cn2nc(C(F)F)cc2C)cc(S(=O)(=O)c2ccc(Cl)cc2)c1. The first-order valence-corrected chi connectivity index (χ1v) is 10.8. The lowest BCUT2D eigenvalue weighted by molar-refractivity contribution is -0.117. The highest BCUT2D eigenvalue weighted by Crippen LogP contribution is 2.29. The molecule has 3 rings (SSSR count). The molecule has 31 heavy (non-hydrogen) atoms. The van der Waals surface area contributed by atoms with Gasteiger partial charge in [-0.05, 0) is 49.4 Å². The molecule has 1 aromatic heterocycles. The summed E-state index contributed by atoms with van der Waals surface area (Å²) in [6.45, 7) is 1.23. The monoisotopic (exact) mass is 469 g/mol. The maximum Gasteiger partial charge on any atom is 0.282 e. The Morgan fingerprint density at radius 3 is 2.42 bits per heavy atom. The summed E-state index contributed by atoms with van der Waals surface area (Å²) in [6.07, 6.45) is -2.75. The lowest BCUT2D eigenvalue weighted by Gasteiger charge is -2.12. The Labute approximate surface area is 182 Å². The lowest BCUT2D eigenvalue weighted by Crippen LogP contribution is -2.20. The number of hydrogen-bond acceptors (Lipinski definition) is 5. The number of sulfone groups is 1. The highest BCUT2D eigenvalue weighted by atomic mass is 35.5. The zero-order chi connectivity index (χ0) is 22.8. The Balaban J connectivity index is 1.87. The molecular weight excluding hydrogens is 452 g/mol. The minimum atomic E-state index is -3.91. The highest BCUT2D eigenvalue weighted by molar-refractivity contribution is 7.91. The van der Waals surface area contributed by atoms with E-state index in [1.54, 1.807) is 6.92 Å². The molecule has 0 aliphatic rings. The van der Waals surface area contributed by atoms with Crippen LogP contribution in [0.25, 0.3) is 0 Å². The molecule has 0 bridgehead atoms. The highest BCUT2D eigenvalue weighted by Gasteiger charge is 2.21. The van der Waals surface area contributed by atoms with Crippen molar-refractivity contribution in [2.45, 2.75) is 29.7 Å². The summed E-state index contributed by atoms with van der Waals surface area (Å²) in [7, 11) is -2.55. The first-order valence-electron chi connectivity index (χ1n) is 8.92. The smallest absolute Gasteiger partial charge is 0.282 e. The van der Waals surface area contributed by atoms with E-state index in [1.807, 2.05) is 0 Å². The van der Waals surface area contributed by atoms with Gasteiger partial charge < -0.3 is 10.1 Å². The number of carbonyl (C=O) groups excluding carboxylic acids is 1. The molecule has 0 aliphatic heterocycles. The fraction of sp³-hybridized carbons (Fsp3) is 0.200. The number of ether oxygens (including phenoxy) is 1. The number of hydrogen-bond donors (Lipinski definition) is 1. The lowest BCUT2D eigenvalue weighted by atomic mass is 10.3. The van der Waals surface area contributed by atoms with Crippen LogP contribution in [0.5, 0.6) is 5.75 Å². The number of benzene rings is 2. The number of anilines is 1. The molecule has 3 aromatic rings. The summed E-state index contributed by atoms with van der Waals surface area (Å²) in [5, 5.41) is 6.64. The van der Waals surface area contributed by atoms with Gasteiger partial charge in [0, 0.05) is 22.5 Å². The van der Waals surface area contributed by atoms with Crippen molar-refractivity contribution in [2.75, 3.05) is 12.4 Å². The summed E-state index contributed by atoms with van der Waals surface area (Å²) in [6, 6.07) is 10.9. The summed E-state index contributed by atoms with van der Waals surface area (Å²) >= 11 is 5.82. The third-order valence-corrected chi connectivity index (χ3v) is 6.35. The largest absolute Gasteiger partial charge is 0.497 e. The van der Waals surface area contributed by atoms with E-state index < -0.39 is 27.9 Å². The molecule has 0 spiro atoms. The van der Waals surface area contributed by atoms with Crippen LogP contribution in [0.3, 0.4) is 0 Å². The molecule has 1 amide bonds. The number of halogens is 3. The van der Waals surface area contributed by atoms with Crippen molar-refractivity contribution in [3.05, 3.63) is 64.9 Å². The van der Waals surface area contributed by atoms with Crippen molar-refractivity contribution in [3.8, 4) is 5.75 Å². The van der Waals surface area contributed by atoms with Crippen LogP contribution in [-0.4, -0.2) is 31.2 Å². The second-order valence-corrected chi connectivity index (χ2v) is 8.96. The van der Waals surface area contributed by atoms with Crippen molar-refractivity contribution in [1.82, 2.24) is 9.78 Å². The molecular formula is C20H18ClF2N3O4S. The topological polar surface area (TPSA) is 90.3 Å². The molecule has 164 valence electrons. The number of nitrogens with zero attached hydrogens (tertiary/aromatic N) is 2. The summed E-state index contributed by atoms with van der Waals surface area (Å²) in [4.78, 5) is 12.3. The molecule has 0 unspecified atom stereocenters. The van der Waals surface area contributed by atoms with Crippen LogP contribution < -0.4 is 10.1 Å². The number of carbonyl (C=O) groups is 1. The standard InChI is InChI=1S/C20H18ClF2N3O4S/c1-12-7-18(20(22)23)25-26(12)11-19(27)24-14-8-15(30-2)10-17(9-14)31(28,29)16-5-3-13(21)4-6-16/h3-10,20H,11H2,1-2H3,(H,24,27). The van der Waals surface area contributed by atoms with E-state index in [0.29, 0.717) is 10.7 Å². The van der Waals surface area contributed by atoms with Gasteiger partial charge in [-0.15, -0.1) is 0 Å². The zero-order valence-corrected chi connectivity index (χ0v) is 18.0. The number of aromatic nitrogens is 2. The van der Waals surface area contributed by atoms with Gasteiger partial charge in [-0.3, -0.25) is 9.48 Å². The third kappa shape index (κ3) is 5.20. The quantitative estimate of drug-likeness (QED) is 0.558. The first kappa shape index (κ1) is 22.7. The van der Waals surface area contributed by atoms with Crippen LogP contribution >= 0.6 is 11.6 Å². The van der Waals surface area contributed by atoms with Crippen LogP contribution in [0.15, 0.2) is 58.3 Å². The van der Waals surface area contributed by atoms with Crippen molar-refractivity contribution in [1.29, 1.82) is 0 Å². The van der Waals surface area contributed by atoms with Gasteiger partial charge in [-0.25, -0.2) is 17.2 Å². The van der Waals surface area contributed by atoms with Crippen LogP contribution in [0.2, 0.25) is 5.02 Å². The van der Waals surface area contributed by atoms with Gasteiger partial charge in [0.05, 0.1) is 16.9 Å².